The van der Waals surface area contributed by atoms with Crippen molar-refractivity contribution in [3.63, 3.8) is 0 Å². The van der Waals surface area contributed by atoms with Gasteiger partial charge < -0.3 is 5.32 Å². The standard InChI is InChI=1S/C11H15BrFN/c1-7(8(2)14-3)10-5-4-9(13)6-11(10)12/h4-8,14H,1-3H3. The Bertz CT molecular complexity index is 314. The van der Waals surface area contributed by atoms with Gasteiger partial charge >= 0.3 is 0 Å². The van der Waals surface area contributed by atoms with Gasteiger partial charge in [-0.1, -0.05) is 28.9 Å². The molecule has 3 heteroatoms. The number of nitrogens with one attached hydrogen (secondary N) is 1. The highest BCUT2D eigenvalue weighted by atomic mass is 79.9. The van der Waals surface area contributed by atoms with E-state index in [4.69, 9.17) is 0 Å². The minimum atomic E-state index is -0.204. The highest BCUT2D eigenvalue weighted by molar-refractivity contribution is 9.10. The van der Waals surface area contributed by atoms with Gasteiger partial charge in [0.25, 0.3) is 0 Å². The summed E-state index contributed by atoms with van der Waals surface area (Å²) in [4.78, 5) is 0. The van der Waals surface area contributed by atoms with Crippen LogP contribution in [0, 0.1) is 5.82 Å². The zero-order valence-corrected chi connectivity index (χ0v) is 10.2. The van der Waals surface area contributed by atoms with E-state index in [9.17, 15) is 4.39 Å². The van der Waals surface area contributed by atoms with Crippen molar-refractivity contribution in [2.24, 2.45) is 0 Å². The van der Waals surface area contributed by atoms with Crippen molar-refractivity contribution in [2.75, 3.05) is 7.05 Å². The molecule has 0 spiro atoms. The number of halogens is 2. The second-order valence-corrected chi connectivity index (χ2v) is 4.39. The fraction of sp³-hybridized carbons (Fsp3) is 0.455. The van der Waals surface area contributed by atoms with Gasteiger partial charge in [0.05, 0.1) is 0 Å². The average molecular weight is 260 g/mol. The van der Waals surface area contributed by atoms with Gasteiger partial charge in [0.2, 0.25) is 0 Å². The van der Waals surface area contributed by atoms with Gasteiger partial charge in [-0.25, -0.2) is 4.39 Å². The molecule has 0 fully saturated rings. The van der Waals surface area contributed by atoms with Crippen molar-refractivity contribution < 1.29 is 4.39 Å². The summed E-state index contributed by atoms with van der Waals surface area (Å²) in [5.41, 5.74) is 1.13. The fourth-order valence-electron chi connectivity index (χ4n) is 1.39. The first kappa shape index (κ1) is 11.7. The Hall–Kier alpha value is -0.410. The summed E-state index contributed by atoms with van der Waals surface area (Å²) in [7, 11) is 1.93. The van der Waals surface area contributed by atoms with Crippen LogP contribution >= 0.6 is 15.9 Å². The van der Waals surface area contributed by atoms with Crippen LogP contribution in [-0.4, -0.2) is 13.1 Å². The maximum absolute atomic E-state index is 12.8. The lowest BCUT2D eigenvalue weighted by atomic mass is 9.94. The van der Waals surface area contributed by atoms with Crippen LogP contribution < -0.4 is 5.32 Å². The Labute approximate surface area is 92.8 Å². The summed E-state index contributed by atoms with van der Waals surface area (Å²) in [5.74, 6) is 0.153. The molecule has 0 aliphatic heterocycles. The van der Waals surface area contributed by atoms with Gasteiger partial charge in [-0.15, -0.1) is 0 Å². The Morgan fingerprint density at radius 1 is 1.36 bits per heavy atom. The smallest absolute Gasteiger partial charge is 0.124 e. The Morgan fingerprint density at radius 3 is 2.50 bits per heavy atom. The fourth-order valence-corrected chi connectivity index (χ4v) is 2.10. The molecule has 0 aromatic heterocycles. The van der Waals surface area contributed by atoms with E-state index >= 15 is 0 Å². The van der Waals surface area contributed by atoms with E-state index in [0.29, 0.717) is 12.0 Å². The molecule has 0 saturated carbocycles. The molecular formula is C11H15BrFN. The molecule has 0 amide bonds. The first-order valence-electron chi connectivity index (χ1n) is 4.68. The second-order valence-electron chi connectivity index (χ2n) is 3.53. The molecule has 0 bridgehead atoms. The number of hydrogen-bond acceptors (Lipinski definition) is 1. The average Bonchev–Trinajstić information content (AvgIpc) is 2.15. The van der Waals surface area contributed by atoms with Crippen molar-refractivity contribution in [3.05, 3.63) is 34.1 Å². The van der Waals surface area contributed by atoms with E-state index in [1.54, 1.807) is 0 Å². The van der Waals surface area contributed by atoms with Crippen molar-refractivity contribution >= 4 is 15.9 Å². The molecule has 0 saturated heterocycles. The van der Waals surface area contributed by atoms with E-state index in [0.717, 1.165) is 10.0 Å². The van der Waals surface area contributed by atoms with Crippen LogP contribution in [0.5, 0.6) is 0 Å². The molecule has 14 heavy (non-hydrogen) atoms. The van der Waals surface area contributed by atoms with Crippen LogP contribution in [-0.2, 0) is 0 Å². The summed E-state index contributed by atoms with van der Waals surface area (Å²) < 4.78 is 13.7. The minimum Gasteiger partial charge on any atom is -0.317 e. The normalized spacial score (nSPS) is 15.2. The lowest BCUT2D eigenvalue weighted by Gasteiger charge is -2.20. The topological polar surface area (TPSA) is 12.0 Å². The highest BCUT2D eigenvalue weighted by Crippen LogP contribution is 2.27. The van der Waals surface area contributed by atoms with Gasteiger partial charge in [-0.2, -0.15) is 0 Å². The summed E-state index contributed by atoms with van der Waals surface area (Å²) in [6.45, 7) is 4.24. The molecule has 0 heterocycles. The van der Waals surface area contributed by atoms with Crippen molar-refractivity contribution in [2.45, 2.75) is 25.8 Å². The van der Waals surface area contributed by atoms with Gasteiger partial charge in [0.15, 0.2) is 0 Å². The lowest BCUT2D eigenvalue weighted by molar-refractivity contribution is 0.521. The second kappa shape index (κ2) is 4.89. The molecule has 0 radical (unpaired) electrons. The third-order valence-electron chi connectivity index (χ3n) is 2.66. The first-order valence-corrected chi connectivity index (χ1v) is 5.47. The lowest BCUT2D eigenvalue weighted by Crippen LogP contribution is -2.27. The van der Waals surface area contributed by atoms with E-state index < -0.39 is 0 Å². The van der Waals surface area contributed by atoms with Crippen molar-refractivity contribution in [1.29, 1.82) is 0 Å². The molecule has 2 unspecified atom stereocenters. The van der Waals surface area contributed by atoms with Crippen LogP contribution in [0.1, 0.15) is 25.3 Å². The van der Waals surface area contributed by atoms with Crippen LogP contribution in [0.3, 0.4) is 0 Å². The molecule has 78 valence electrons. The highest BCUT2D eigenvalue weighted by Gasteiger charge is 2.15. The Kier molecular flexibility index (Phi) is 4.08. The van der Waals surface area contributed by atoms with Gasteiger partial charge in [0.1, 0.15) is 5.82 Å². The number of rotatable bonds is 3. The molecule has 0 aliphatic carbocycles. The van der Waals surface area contributed by atoms with Crippen LogP contribution in [0.25, 0.3) is 0 Å². The van der Waals surface area contributed by atoms with Crippen LogP contribution in [0.2, 0.25) is 0 Å². The third-order valence-corrected chi connectivity index (χ3v) is 3.35. The number of hydrogen-bond donors (Lipinski definition) is 1. The third kappa shape index (κ3) is 2.55. The van der Waals surface area contributed by atoms with Crippen LogP contribution in [0.4, 0.5) is 4.39 Å². The quantitative estimate of drug-likeness (QED) is 0.879. The summed E-state index contributed by atoms with van der Waals surface area (Å²) in [6.07, 6.45) is 0. The predicted octanol–water partition coefficient (Wildman–Crippen LogP) is 3.30. The van der Waals surface area contributed by atoms with Crippen molar-refractivity contribution in [1.82, 2.24) is 5.32 Å². The minimum absolute atomic E-state index is 0.204. The molecule has 1 aromatic rings. The summed E-state index contributed by atoms with van der Waals surface area (Å²) >= 11 is 3.38. The van der Waals surface area contributed by atoms with Crippen molar-refractivity contribution in [3.8, 4) is 0 Å². The summed E-state index contributed by atoms with van der Waals surface area (Å²) in [5, 5.41) is 3.19. The van der Waals surface area contributed by atoms with E-state index in [1.165, 1.54) is 12.1 Å². The van der Waals surface area contributed by atoms with Gasteiger partial charge in [-0.3, -0.25) is 0 Å². The monoisotopic (exact) mass is 259 g/mol. The number of likely N-dealkylation sites (N-methyl/N-ethyl adjacent to an activating group) is 1. The molecule has 1 N–H and O–H groups in total. The van der Waals surface area contributed by atoms with Crippen LogP contribution in [0.15, 0.2) is 22.7 Å². The van der Waals surface area contributed by atoms with E-state index in [-0.39, 0.29) is 5.82 Å². The maximum Gasteiger partial charge on any atom is 0.124 e. The summed E-state index contributed by atoms with van der Waals surface area (Å²) in [6, 6.07) is 5.21. The Morgan fingerprint density at radius 2 is 2.00 bits per heavy atom. The predicted molar refractivity (Wildman–Crippen MR) is 61.0 cm³/mol. The SMILES string of the molecule is CNC(C)C(C)c1ccc(F)cc1Br. The molecule has 1 aromatic carbocycles. The van der Waals surface area contributed by atoms with E-state index in [2.05, 4.69) is 35.1 Å². The van der Waals surface area contributed by atoms with Gasteiger partial charge in [0, 0.05) is 10.5 Å². The first-order chi connectivity index (χ1) is 6.56. The molecule has 1 nitrogen and oxygen atoms in total. The zero-order chi connectivity index (χ0) is 10.7. The number of benzene rings is 1. The van der Waals surface area contributed by atoms with Gasteiger partial charge in [-0.05, 0) is 37.6 Å². The Balaban J connectivity index is 2.95. The molecule has 0 aliphatic rings. The van der Waals surface area contributed by atoms with E-state index in [1.807, 2.05) is 13.1 Å². The largest absolute Gasteiger partial charge is 0.317 e. The molecule has 1 rings (SSSR count). The molecular weight excluding hydrogens is 245 g/mol. The zero-order valence-electron chi connectivity index (χ0n) is 8.64. The maximum atomic E-state index is 12.8. The molecule has 2 atom stereocenters.